The van der Waals surface area contributed by atoms with Crippen molar-refractivity contribution in [3.63, 3.8) is 0 Å². The number of hydrogen-bond acceptors (Lipinski definition) is 7. The normalized spacial score (nSPS) is 11.4. The van der Waals surface area contributed by atoms with Gasteiger partial charge in [0.2, 0.25) is 0 Å². The van der Waals surface area contributed by atoms with Crippen molar-refractivity contribution in [1.82, 2.24) is 0 Å². The zero-order valence-electron chi connectivity index (χ0n) is 17.8. The van der Waals surface area contributed by atoms with E-state index < -0.39 is 23.9 Å². The Balaban J connectivity index is 1.64. The number of nitrogens with one attached hydrogen (secondary N) is 1. The largest absolute Gasteiger partial charge is 0.493 e. The zero-order valence-corrected chi connectivity index (χ0v) is 19.4. The minimum Gasteiger partial charge on any atom is -0.493 e. The maximum atomic E-state index is 12.6. The number of nitrogens with two attached hydrogens (primary N) is 1. The van der Waals surface area contributed by atoms with Gasteiger partial charge in [0.1, 0.15) is 11.6 Å². The highest BCUT2D eigenvalue weighted by atomic mass is 35.5. The molecular formula is C23H21ClN2O6S. The van der Waals surface area contributed by atoms with Gasteiger partial charge in [0.15, 0.2) is 17.6 Å². The fraction of sp³-hybridized carbons (Fsp3) is 0.174. The van der Waals surface area contributed by atoms with Gasteiger partial charge in [0, 0.05) is 10.6 Å². The van der Waals surface area contributed by atoms with Crippen molar-refractivity contribution in [1.29, 1.82) is 0 Å². The molecule has 3 aromatic rings. The number of ether oxygens (including phenoxy) is 3. The van der Waals surface area contributed by atoms with E-state index in [1.807, 2.05) is 18.2 Å². The van der Waals surface area contributed by atoms with E-state index in [9.17, 15) is 14.4 Å². The third kappa shape index (κ3) is 6.03. The standard InChI is InChI=1S/C23H21ClN2O6S/c1-13(21(28)26-22-16(20(25)27)9-10-33-22)32-23(29)14-7-8-18(19(11-14)30-2)31-12-15-5-3-4-6-17(15)24/h3-11,13H,12H2,1-2H3,(H2,25,27)(H,26,28). The van der Waals surface area contributed by atoms with Crippen molar-refractivity contribution in [2.24, 2.45) is 5.73 Å². The van der Waals surface area contributed by atoms with Gasteiger partial charge in [-0.3, -0.25) is 9.59 Å². The average molecular weight is 489 g/mol. The third-order valence-electron chi connectivity index (χ3n) is 4.56. The highest BCUT2D eigenvalue weighted by Gasteiger charge is 2.22. The van der Waals surface area contributed by atoms with E-state index in [1.165, 1.54) is 32.2 Å². The van der Waals surface area contributed by atoms with Gasteiger partial charge in [0.25, 0.3) is 11.8 Å². The number of methoxy groups -OCH3 is 1. The van der Waals surface area contributed by atoms with Crippen LogP contribution in [0.5, 0.6) is 11.5 Å². The number of hydrogen-bond donors (Lipinski definition) is 2. The van der Waals surface area contributed by atoms with Crippen LogP contribution in [0.1, 0.15) is 33.2 Å². The van der Waals surface area contributed by atoms with Gasteiger partial charge in [0.05, 0.1) is 18.2 Å². The molecular weight excluding hydrogens is 468 g/mol. The van der Waals surface area contributed by atoms with E-state index in [-0.39, 0.29) is 22.7 Å². The highest BCUT2D eigenvalue weighted by molar-refractivity contribution is 7.14. The molecule has 8 nitrogen and oxygen atoms in total. The van der Waals surface area contributed by atoms with E-state index in [0.717, 1.165) is 16.9 Å². The maximum absolute atomic E-state index is 12.6. The van der Waals surface area contributed by atoms with Gasteiger partial charge in [-0.1, -0.05) is 29.8 Å². The lowest BCUT2D eigenvalue weighted by Gasteiger charge is -2.15. The number of esters is 1. The van der Waals surface area contributed by atoms with Crippen LogP contribution in [0.2, 0.25) is 5.02 Å². The summed E-state index contributed by atoms with van der Waals surface area (Å²) < 4.78 is 16.4. The predicted octanol–water partition coefficient (Wildman–Crippen LogP) is 4.27. The smallest absolute Gasteiger partial charge is 0.339 e. The highest BCUT2D eigenvalue weighted by Crippen LogP contribution is 2.30. The quantitative estimate of drug-likeness (QED) is 0.434. The van der Waals surface area contributed by atoms with Crippen molar-refractivity contribution in [3.8, 4) is 11.5 Å². The number of rotatable bonds is 9. The van der Waals surface area contributed by atoms with Crippen LogP contribution in [0.25, 0.3) is 0 Å². The molecule has 0 aliphatic rings. The monoisotopic (exact) mass is 488 g/mol. The molecule has 1 aromatic heterocycles. The molecule has 2 aromatic carbocycles. The summed E-state index contributed by atoms with van der Waals surface area (Å²) >= 11 is 7.28. The summed E-state index contributed by atoms with van der Waals surface area (Å²) in [4.78, 5) is 36.3. The molecule has 0 bridgehead atoms. The van der Waals surface area contributed by atoms with Gasteiger partial charge >= 0.3 is 5.97 Å². The topological polar surface area (TPSA) is 117 Å². The van der Waals surface area contributed by atoms with Crippen molar-refractivity contribution in [2.45, 2.75) is 19.6 Å². The second-order valence-electron chi connectivity index (χ2n) is 6.81. The summed E-state index contributed by atoms with van der Waals surface area (Å²) in [6.45, 7) is 1.64. The van der Waals surface area contributed by atoms with Crippen LogP contribution >= 0.6 is 22.9 Å². The molecule has 172 valence electrons. The Morgan fingerprint density at radius 1 is 1.12 bits per heavy atom. The summed E-state index contributed by atoms with van der Waals surface area (Å²) in [5.74, 6) is -1.26. The Labute approximate surface area is 199 Å². The molecule has 1 heterocycles. The first-order valence-electron chi connectivity index (χ1n) is 9.73. The van der Waals surface area contributed by atoms with Gasteiger partial charge < -0.3 is 25.3 Å². The molecule has 0 aliphatic heterocycles. The van der Waals surface area contributed by atoms with E-state index >= 15 is 0 Å². The number of thiophene rings is 1. The molecule has 0 spiro atoms. The number of amides is 2. The van der Waals surface area contributed by atoms with Crippen molar-refractivity contribution in [3.05, 3.63) is 75.6 Å². The number of carbonyl (C=O) groups is 3. The lowest BCUT2D eigenvalue weighted by molar-refractivity contribution is -0.123. The Hall–Kier alpha value is -3.56. The van der Waals surface area contributed by atoms with Gasteiger partial charge in [-0.15, -0.1) is 11.3 Å². The number of primary amides is 1. The number of benzene rings is 2. The Kier molecular flexibility index (Phi) is 7.92. The average Bonchev–Trinajstić information content (AvgIpc) is 3.26. The van der Waals surface area contributed by atoms with Crippen LogP contribution in [0.4, 0.5) is 5.00 Å². The Morgan fingerprint density at radius 3 is 2.58 bits per heavy atom. The van der Waals surface area contributed by atoms with Crippen LogP contribution < -0.4 is 20.5 Å². The molecule has 0 saturated carbocycles. The second kappa shape index (κ2) is 10.8. The van der Waals surface area contributed by atoms with Crippen molar-refractivity contribution in [2.75, 3.05) is 12.4 Å². The summed E-state index contributed by atoms with van der Waals surface area (Å²) in [5, 5.41) is 5.03. The molecule has 3 N–H and O–H groups in total. The van der Waals surface area contributed by atoms with E-state index in [0.29, 0.717) is 16.5 Å². The number of anilines is 1. The van der Waals surface area contributed by atoms with Gasteiger partial charge in [-0.05, 0) is 42.6 Å². The minimum absolute atomic E-state index is 0.172. The second-order valence-corrected chi connectivity index (χ2v) is 8.13. The first-order valence-corrected chi connectivity index (χ1v) is 11.0. The first-order chi connectivity index (χ1) is 15.8. The van der Waals surface area contributed by atoms with Crippen LogP contribution in [0.3, 0.4) is 0 Å². The number of carbonyl (C=O) groups excluding carboxylic acids is 3. The summed E-state index contributed by atoms with van der Waals surface area (Å²) in [5.41, 5.74) is 6.43. The first kappa shape index (κ1) is 24.1. The molecule has 0 saturated heterocycles. The predicted molar refractivity (Wildman–Crippen MR) is 125 cm³/mol. The van der Waals surface area contributed by atoms with E-state index in [4.69, 9.17) is 31.5 Å². The molecule has 2 amide bonds. The van der Waals surface area contributed by atoms with Crippen molar-refractivity contribution < 1.29 is 28.6 Å². The maximum Gasteiger partial charge on any atom is 0.339 e. The van der Waals surface area contributed by atoms with Crippen LogP contribution in [0.15, 0.2) is 53.9 Å². The molecule has 1 unspecified atom stereocenters. The lowest BCUT2D eigenvalue weighted by Crippen LogP contribution is -2.30. The van der Waals surface area contributed by atoms with Crippen LogP contribution in [-0.2, 0) is 16.1 Å². The van der Waals surface area contributed by atoms with E-state index in [2.05, 4.69) is 5.32 Å². The molecule has 0 fully saturated rings. The lowest BCUT2D eigenvalue weighted by atomic mass is 10.2. The molecule has 0 radical (unpaired) electrons. The van der Waals surface area contributed by atoms with Crippen LogP contribution in [0, 0.1) is 0 Å². The van der Waals surface area contributed by atoms with E-state index in [1.54, 1.807) is 17.5 Å². The fourth-order valence-corrected chi connectivity index (χ4v) is 3.77. The third-order valence-corrected chi connectivity index (χ3v) is 5.76. The van der Waals surface area contributed by atoms with Gasteiger partial charge in [-0.2, -0.15) is 0 Å². The Bertz CT molecular complexity index is 1180. The molecule has 3 rings (SSSR count). The molecule has 1 atom stereocenters. The summed E-state index contributed by atoms with van der Waals surface area (Å²) in [6.07, 6.45) is -1.12. The minimum atomic E-state index is -1.12. The zero-order chi connectivity index (χ0) is 24.0. The van der Waals surface area contributed by atoms with Crippen molar-refractivity contribution >= 4 is 45.7 Å². The molecule has 0 aliphatic carbocycles. The summed E-state index contributed by atoms with van der Waals surface area (Å²) in [7, 11) is 1.44. The summed E-state index contributed by atoms with van der Waals surface area (Å²) in [6, 6.07) is 13.3. The molecule has 10 heteroatoms. The number of halogens is 1. The van der Waals surface area contributed by atoms with Crippen LogP contribution in [-0.4, -0.2) is 31.0 Å². The SMILES string of the molecule is COc1cc(C(=O)OC(C)C(=O)Nc2sccc2C(N)=O)ccc1OCc1ccccc1Cl. The molecule has 33 heavy (non-hydrogen) atoms. The fourth-order valence-electron chi connectivity index (χ4n) is 2.78. The Morgan fingerprint density at radius 2 is 1.88 bits per heavy atom. The van der Waals surface area contributed by atoms with Gasteiger partial charge in [-0.25, -0.2) is 4.79 Å².